The summed E-state index contributed by atoms with van der Waals surface area (Å²) in [6, 6.07) is 24.1. The van der Waals surface area contributed by atoms with Gasteiger partial charge in [-0.25, -0.2) is 0 Å². The molecule has 0 aliphatic carbocycles. The van der Waals surface area contributed by atoms with E-state index in [1.807, 2.05) is 65.6 Å². The number of anilines is 3. The van der Waals surface area contributed by atoms with Gasteiger partial charge in [0.1, 0.15) is 0 Å². The third-order valence-electron chi connectivity index (χ3n) is 4.88. The van der Waals surface area contributed by atoms with Gasteiger partial charge >= 0.3 is 0 Å². The van der Waals surface area contributed by atoms with Crippen LogP contribution in [-0.2, 0) is 0 Å². The van der Waals surface area contributed by atoms with Gasteiger partial charge in [-0.05, 0) is 62.4 Å². The first-order chi connectivity index (χ1) is 13.2. The molecule has 3 nitrogen and oxygen atoms in total. The fraction of sp³-hybridized carbons (Fsp3) is 0.174. The molecule has 1 aliphatic rings. The number of carbonyl (C=O) groups is 1. The Kier molecular flexibility index (Phi) is 4.90. The number of benzene rings is 3. The van der Waals surface area contributed by atoms with Crippen molar-refractivity contribution in [2.45, 2.75) is 23.6 Å². The molecule has 4 heteroatoms. The molecule has 0 atom stereocenters. The predicted octanol–water partition coefficient (Wildman–Crippen LogP) is 5.98. The zero-order chi connectivity index (χ0) is 18.8. The van der Waals surface area contributed by atoms with Gasteiger partial charge in [0.2, 0.25) is 0 Å². The summed E-state index contributed by atoms with van der Waals surface area (Å²) in [5.74, 6) is 0.00120. The lowest BCUT2D eigenvalue weighted by Crippen LogP contribution is -2.28. The van der Waals surface area contributed by atoms with Crippen molar-refractivity contribution in [1.82, 2.24) is 0 Å². The van der Waals surface area contributed by atoms with Gasteiger partial charge in [0.15, 0.2) is 0 Å². The van der Waals surface area contributed by atoms with Crippen molar-refractivity contribution < 1.29 is 4.79 Å². The van der Waals surface area contributed by atoms with E-state index in [1.165, 1.54) is 0 Å². The van der Waals surface area contributed by atoms with E-state index >= 15 is 0 Å². The van der Waals surface area contributed by atoms with E-state index in [0.717, 1.165) is 39.9 Å². The van der Waals surface area contributed by atoms with Gasteiger partial charge in [0, 0.05) is 34.1 Å². The second kappa shape index (κ2) is 7.49. The van der Waals surface area contributed by atoms with Gasteiger partial charge in [-0.3, -0.25) is 9.69 Å². The maximum atomic E-state index is 13.4. The molecule has 1 heterocycles. The van der Waals surface area contributed by atoms with Gasteiger partial charge in [-0.2, -0.15) is 0 Å². The molecule has 3 aromatic rings. The molecule has 1 amide bonds. The minimum atomic E-state index is 0.00120. The maximum Gasteiger partial charge on any atom is 0.262 e. The normalized spacial score (nSPS) is 12.3. The molecule has 0 aromatic heterocycles. The number of amides is 1. The van der Waals surface area contributed by atoms with Crippen LogP contribution >= 0.6 is 11.8 Å². The summed E-state index contributed by atoms with van der Waals surface area (Å²) < 4.78 is 0. The quantitative estimate of drug-likeness (QED) is 0.561. The van der Waals surface area contributed by atoms with Gasteiger partial charge in [0.05, 0.1) is 11.4 Å². The molecular formula is C23H22N2OS. The summed E-state index contributed by atoms with van der Waals surface area (Å²) in [7, 11) is 0. The monoisotopic (exact) mass is 374 g/mol. The van der Waals surface area contributed by atoms with Gasteiger partial charge < -0.3 is 4.90 Å². The molecule has 0 fully saturated rings. The lowest BCUT2D eigenvalue weighted by molar-refractivity contribution is 0.0998. The summed E-state index contributed by atoms with van der Waals surface area (Å²) in [6.07, 6.45) is 0. The average molecular weight is 375 g/mol. The van der Waals surface area contributed by atoms with Gasteiger partial charge in [0.25, 0.3) is 5.91 Å². The van der Waals surface area contributed by atoms with Crippen LogP contribution in [0.5, 0.6) is 0 Å². The fourth-order valence-electron chi connectivity index (χ4n) is 3.46. The summed E-state index contributed by atoms with van der Waals surface area (Å²) in [4.78, 5) is 19.8. The van der Waals surface area contributed by atoms with Crippen molar-refractivity contribution in [2.75, 3.05) is 22.9 Å². The average Bonchev–Trinajstić information content (AvgIpc) is 2.73. The van der Waals surface area contributed by atoms with Gasteiger partial charge in [-0.15, -0.1) is 0 Å². The first-order valence-electron chi connectivity index (χ1n) is 9.28. The number of nitrogens with zero attached hydrogens (tertiary/aromatic N) is 2. The molecule has 27 heavy (non-hydrogen) atoms. The first kappa shape index (κ1) is 17.7. The zero-order valence-corrected chi connectivity index (χ0v) is 16.4. The number of hydrogen-bond acceptors (Lipinski definition) is 3. The highest BCUT2D eigenvalue weighted by Gasteiger charge is 2.28. The second-order valence-corrected chi connectivity index (χ2v) is 7.48. The van der Waals surface area contributed by atoms with E-state index < -0.39 is 0 Å². The van der Waals surface area contributed by atoms with Crippen molar-refractivity contribution in [3.63, 3.8) is 0 Å². The molecule has 0 saturated heterocycles. The number of rotatable bonds is 4. The minimum absolute atomic E-state index is 0.00120. The molecule has 0 saturated carbocycles. The lowest BCUT2D eigenvalue weighted by atomic mass is 10.1. The van der Waals surface area contributed by atoms with E-state index in [9.17, 15) is 4.79 Å². The molecule has 3 aromatic carbocycles. The van der Waals surface area contributed by atoms with Crippen LogP contribution in [0, 0.1) is 0 Å². The van der Waals surface area contributed by atoms with Crippen LogP contribution in [0.25, 0.3) is 0 Å². The van der Waals surface area contributed by atoms with Crippen LogP contribution in [0.1, 0.15) is 24.2 Å². The Balaban J connectivity index is 1.74. The Morgan fingerprint density at radius 3 is 1.85 bits per heavy atom. The second-order valence-electron chi connectivity index (χ2n) is 6.40. The summed E-state index contributed by atoms with van der Waals surface area (Å²) in [5, 5.41) is 0. The zero-order valence-electron chi connectivity index (χ0n) is 15.6. The molecule has 0 radical (unpaired) electrons. The van der Waals surface area contributed by atoms with Crippen LogP contribution in [0.15, 0.2) is 82.6 Å². The number of fused-ring (bicyclic) bond motifs is 2. The van der Waals surface area contributed by atoms with Crippen LogP contribution in [0.3, 0.4) is 0 Å². The van der Waals surface area contributed by atoms with Crippen molar-refractivity contribution in [1.29, 1.82) is 0 Å². The molecule has 0 N–H and O–H groups in total. The number of carbonyl (C=O) groups excluding carboxylic acids is 1. The Labute approximate surface area is 164 Å². The van der Waals surface area contributed by atoms with Crippen LogP contribution in [-0.4, -0.2) is 19.0 Å². The van der Waals surface area contributed by atoms with E-state index in [1.54, 1.807) is 11.8 Å². The van der Waals surface area contributed by atoms with Crippen LogP contribution < -0.4 is 9.80 Å². The van der Waals surface area contributed by atoms with E-state index in [-0.39, 0.29) is 5.91 Å². The molecule has 0 unspecified atom stereocenters. The lowest BCUT2D eigenvalue weighted by Gasteiger charge is -2.31. The topological polar surface area (TPSA) is 23.6 Å². The molecular weight excluding hydrogens is 352 g/mol. The highest BCUT2D eigenvalue weighted by atomic mass is 32.2. The Bertz CT molecular complexity index is 919. The van der Waals surface area contributed by atoms with E-state index in [4.69, 9.17) is 0 Å². The van der Waals surface area contributed by atoms with Crippen LogP contribution in [0.2, 0.25) is 0 Å². The van der Waals surface area contributed by atoms with E-state index in [0.29, 0.717) is 5.56 Å². The third-order valence-corrected chi connectivity index (χ3v) is 6.01. The SMILES string of the molecule is CCN(CC)c1ccc(C(=O)N2c3ccccc3Sc3ccccc32)cc1. The Morgan fingerprint density at radius 1 is 0.815 bits per heavy atom. The van der Waals surface area contributed by atoms with Gasteiger partial charge in [-0.1, -0.05) is 36.0 Å². The fourth-order valence-corrected chi connectivity index (χ4v) is 4.51. The van der Waals surface area contributed by atoms with E-state index in [2.05, 4.69) is 30.9 Å². The first-order valence-corrected chi connectivity index (χ1v) is 10.1. The highest BCUT2D eigenvalue weighted by Crippen LogP contribution is 2.48. The molecule has 1 aliphatic heterocycles. The number of hydrogen-bond donors (Lipinski definition) is 0. The smallest absolute Gasteiger partial charge is 0.262 e. The van der Waals surface area contributed by atoms with Crippen molar-refractivity contribution >= 4 is 34.7 Å². The summed E-state index contributed by atoms with van der Waals surface area (Å²) in [5.41, 5.74) is 3.73. The standard InChI is InChI=1S/C23H22N2OS/c1-3-24(4-2)18-15-13-17(14-16-18)23(26)25-19-9-5-7-11-21(19)27-22-12-8-6-10-20(22)25/h5-16H,3-4H2,1-2H3. The largest absolute Gasteiger partial charge is 0.372 e. The Hall–Kier alpha value is -2.72. The molecule has 0 bridgehead atoms. The van der Waals surface area contributed by atoms with Crippen molar-refractivity contribution in [3.05, 3.63) is 78.4 Å². The predicted molar refractivity (Wildman–Crippen MR) is 113 cm³/mol. The summed E-state index contributed by atoms with van der Waals surface area (Å²) in [6.45, 7) is 6.19. The minimum Gasteiger partial charge on any atom is -0.372 e. The third kappa shape index (κ3) is 3.21. The van der Waals surface area contributed by atoms with Crippen LogP contribution in [0.4, 0.5) is 17.1 Å². The highest BCUT2D eigenvalue weighted by molar-refractivity contribution is 7.99. The summed E-state index contributed by atoms with van der Waals surface area (Å²) >= 11 is 1.71. The van der Waals surface area contributed by atoms with Crippen molar-refractivity contribution in [2.24, 2.45) is 0 Å². The maximum absolute atomic E-state index is 13.4. The molecule has 0 spiro atoms. The molecule has 4 rings (SSSR count). The Morgan fingerprint density at radius 2 is 1.33 bits per heavy atom. The molecule has 136 valence electrons. The van der Waals surface area contributed by atoms with Crippen molar-refractivity contribution in [3.8, 4) is 0 Å². The number of para-hydroxylation sites is 2.